The minimum absolute atomic E-state index is 0.00509. The van der Waals surface area contributed by atoms with Gasteiger partial charge in [-0.25, -0.2) is 0 Å². The lowest BCUT2D eigenvalue weighted by Crippen LogP contribution is -2.51. The van der Waals surface area contributed by atoms with Gasteiger partial charge in [-0.3, -0.25) is 9.59 Å². The van der Waals surface area contributed by atoms with Crippen LogP contribution >= 0.6 is 23.4 Å². The Balaban J connectivity index is 2.04. The van der Waals surface area contributed by atoms with E-state index in [-0.39, 0.29) is 11.8 Å². The average molecular weight is 461 g/mol. The van der Waals surface area contributed by atoms with E-state index in [1.165, 1.54) is 0 Å². The van der Waals surface area contributed by atoms with Crippen molar-refractivity contribution in [1.82, 2.24) is 10.2 Å². The maximum absolute atomic E-state index is 13.2. The maximum Gasteiger partial charge on any atom is 0.242 e. The Kier molecular flexibility index (Phi) is 11.0. The highest BCUT2D eigenvalue weighted by atomic mass is 35.5. The second-order valence-corrected chi connectivity index (χ2v) is 9.43. The summed E-state index contributed by atoms with van der Waals surface area (Å²) in [5.74, 6) is 1.32. The summed E-state index contributed by atoms with van der Waals surface area (Å²) >= 11 is 7.60. The first-order chi connectivity index (χ1) is 14.9. The van der Waals surface area contributed by atoms with Crippen LogP contribution in [0, 0.1) is 5.92 Å². The molecule has 0 bridgehead atoms. The maximum atomic E-state index is 13.2. The number of hydrogen-bond acceptors (Lipinski definition) is 3. The van der Waals surface area contributed by atoms with Crippen molar-refractivity contribution in [3.63, 3.8) is 0 Å². The molecular formula is C25H33ClN2O2S. The molecule has 0 heterocycles. The van der Waals surface area contributed by atoms with Crippen LogP contribution in [0.2, 0.25) is 5.02 Å². The SMILES string of the molecule is CC[C@@H](C(=O)NCC(C)C)N(CCc1ccccc1)C(=O)CSCc1cccc(Cl)c1. The number of halogens is 1. The molecule has 1 atom stereocenters. The zero-order valence-electron chi connectivity index (χ0n) is 18.6. The Hall–Kier alpha value is -1.98. The van der Waals surface area contributed by atoms with E-state index in [2.05, 4.69) is 31.3 Å². The highest BCUT2D eigenvalue weighted by Gasteiger charge is 2.28. The summed E-state index contributed by atoms with van der Waals surface area (Å²) in [6, 6.07) is 17.3. The first kappa shape index (κ1) is 25.3. The number of nitrogens with zero attached hydrogens (tertiary/aromatic N) is 1. The van der Waals surface area contributed by atoms with Gasteiger partial charge in [-0.2, -0.15) is 0 Å². The van der Waals surface area contributed by atoms with Crippen LogP contribution in [0.15, 0.2) is 54.6 Å². The third kappa shape index (κ3) is 8.96. The Bertz CT molecular complexity index is 829. The third-order valence-corrected chi connectivity index (χ3v) is 6.16. The van der Waals surface area contributed by atoms with E-state index < -0.39 is 6.04 Å². The van der Waals surface area contributed by atoms with E-state index in [9.17, 15) is 9.59 Å². The quantitative estimate of drug-likeness (QED) is 0.473. The largest absolute Gasteiger partial charge is 0.354 e. The lowest BCUT2D eigenvalue weighted by molar-refractivity contribution is -0.138. The van der Waals surface area contributed by atoms with Gasteiger partial charge in [0.2, 0.25) is 11.8 Å². The predicted molar refractivity (Wildman–Crippen MR) is 131 cm³/mol. The summed E-state index contributed by atoms with van der Waals surface area (Å²) in [5, 5.41) is 3.70. The number of carbonyl (C=O) groups excluding carboxylic acids is 2. The van der Waals surface area contributed by atoms with Gasteiger partial charge in [0.1, 0.15) is 6.04 Å². The smallest absolute Gasteiger partial charge is 0.242 e. The summed E-state index contributed by atoms with van der Waals surface area (Å²) in [5.41, 5.74) is 2.24. The molecule has 0 fully saturated rings. The van der Waals surface area contributed by atoms with E-state index in [1.54, 1.807) is 16.7 Å². The first-order valence-electron chi connectivity index (χ1n) is 10.8. The lowest BCUT2D eigenvalue weighted by Gasteiger charge is -2.31. The Morgan fingerprint density at radius 3 is 2.42 bits per heavy atom. The van der Waals surface area contributed by atoms with E-state index >= 15 is 0 Å². The second-order valence-electron chi connectivity index (χ2n) is 8.01. The zero-order chi connectivity index (χ0) is 22.6. The summed E-state index contributed by atoms with van der Waals surface area (Å²) in [4.78, 5) is 27.8. The van der Waals surface area contributed by atoms with Crippen LogP contribution in [0.4, 0.5) is 0 Å². The van der Waals surface area contributed by atoms with Crippen molar-refractivity contribution in [3.05, 3.63) is 70.7 Å². The van der Waals surface area contributed by atoms with Crippen molar-refractivity contribution in [3.8, 4) is 0 Å². The summed E-state index contributed by atoms with van der Waals surface area (Å²) in [6.45, 7) is 7.22. The molecule has 31 heavy (non-hydrogen) atoms. The van der Waals surface area contributed by atoms with Gasteiger partial charge in [0.25, 0.3) is 0 Å². The summed E-state index contributed by atoms with van der Waals surface area (Å²) in [6.07, 6.45) is 1.31. The first-order valence-corrected chi connectivity index (χ1v) is 12.4. The molecule has 0 aliphatic rings. The van der Waals surface area contributed by atoms with Crippen LogP contribution < -0.4 is 5.32 Å². The third-order valence-electron chi connectivity index (χ3n) is 4.94. The number of hydrogen-bond donors (Lipinski definition) is 1. The molecule has 2 aromatic carbocycles. The number of amides is 2. The van der Waals surface area contributed by atoms with Gasteiger partial charge in [0.05, 0.1) is 5.75 Å². The van der Waals surface area contributed by atoms with E-state index in [4.69, 9.17) is 11.6 Å². The van der Waals surface area contributed by atoms with Gasteiger partial charge in [-0.05, 0) is 42.0 Å². The second kappa shape index (κ2) is 13.4. The van der Waals surface area contributed by atoms with Gasteiger partial charge >= 0.3 is 0 Å². The topological polar surface area (TPSA) is 49.4 Å². The molecule has 168 valence electrons. The van der Waals surface area contributed by atoms with Crippen molar-refractivity contribution in [2.45, 2.75) is 45.4 Å². The molecule has 6 heteroatoms. The highest BCUT2D eigenvalue weighted by Crippen LogP contribution is 2.18. The minimum Gasteiger partial charge on any atom is -0.354 e. The van der Waals surface area contributed by atoms with Crippen molar-refractivity contribution in [2.24, 2.45) is 5.92 Å². The van der Waals surface area contributed by atoms with Crippen LogP contribution in [0.25, 0.3) is 0 Å². The Morgan fingerprint density at radius 1 is 1.06 bits per heavy atom. The molecule has 0 aliphatic carbocycles. The van der Waals surface area contributed by atoms with Crippen molar-refractivity contribution >= 4 is 35.2 Å². The molecule has 4 nitrogen and oxygen atoms in total. The number of benzene rings is 2. The molecule has 0 radical (unpaired) electrons. The normalized spacial score (nSPS) is 11.9. The molecule has 2 aromatic rings. The fraction of sp³-hybridized carbons (Fsp3) is 0.440. The summed E-state index contributed by atoms with van der Waals surface area (Å²) < 4.78 is 0. The van der Waals surface area contributed by atoms with Crippen molar-refractivity contribution in [1.29, 1.82) is 0 Å². The molecule has 1 N–H and O–H groups in total. The molecule has 0 saturated heterocycles. The van der Waals surface area contributed by atoms with Crippen LogP contribution in [-0.4, -0.2) is 41.6 Å². The lowest BCUT2D eigenvalue weighted by atomic mass is 10.1. The minimum atomic E-state index is -0.457. The zero-order valence-corrected chi connectivity index (χ0v) is 20.2. The van der Waals surface area contributed by atoms with Crippen molar-refractivity contribution in [2.75, 3.05) is 18.8 Å². The van der Waals surface area contributed by atoms with Gasteiger partial charge < -0.3 is 10.2 Å². The Labute approximate surface area is 195 Å². The molecule has 0 saturated carbocycles. The van der Waals surface area contributed by atoms with Crippen LogP contribution in [-0.2, 0) is 21.8 Å². The van der Waals surface area contributed by atoms with Crippen LogP contribution in [0.5, 0.6) is 0 Å². The average Bonchev–Trinajstić information content (AvgIpc) is 2.75. The Morgan fingerprint density at radius 2 is 1.77 bits per heavy atom. The van der Waals surface area contributed by atoms with Gasteiger partial charge in [0, 0.05) is 23.9 Å². The molecule has 0 unspecified atom stereocenters. The number of nitrogens with one attached hydrogen (secondary N) is 1. The molecule has 2 amide bonds. The fourth-order valence-corrected chi connectivity index (χ4v) is 4.35. The molecule has 0 spiro atoms. The number of rotatable bonds is 12. The van der Waals surface area contributed by atoms with Crippen LogP contribution in [0.1, 0.15) is 38.3 Å². The number of thioether (sulfide) groups is 1. The molecular weight excluding hydrogens is 428 g/mol. The van der Waals surface area contributed by atoms with Crippen LogP contribution in [0.3, 0.4) is 0 Å². The highest BCUT2D eigenvalue weighted by molar-refractivity contribution is 7.99. The van der Waals surface area contributed by atoms with Gasteiger partial charge in [-0.15, -0.1) is 11.8 Å². The molecule has 0 aromatic heterocycles. The number of carbonyl (C=O) groups is 2. The standard InChI is InChI=1S/C25H33ClN2O2S/c1-4-23(25(30)27-16-19(2)3)28(14-13-20-9-6-5-7-10-20)24(29)18-31-17-21-11-8-12-22(26)15-21/h5-12,15,19,23H,4,13-14,16-18H2,1-3H3,(H,27,30)/t23-/m0/s1. The molecule has 0 aliphatic heterocycles. The van der Waals surface area contributed by atoms with Gasteiger partial charge in [-0.1, -0.05) is 74.8 Å². The van der Waals surface area contributed by atoms with Crippen molar-refractivity contribution < 1.29 is 9.59 Å². The fourth-order valence-electron chi connectivity index (χ4n) is 3.28. The van der Waals surface area contributed by atoms with E-state index in [1.807, 2.05) is 49.4 Å². The predicted octanol–water partition coefficient (Wildman–Crippen LogP) is 5.20. The van der Waals surface area contributed by atoms with E-state index in [0.29, 0.717) is 42.0 Å². The van der Waals surface area contributed by atoms with Gasteiger partial charge in [0.15, 0.2) is 0 Å². The summed E-state index contributed by atoms with van der Waals surface area (Å²) in [7, 11) is 0. The monoisotopic (exact) mass is 460 g/mol. The molecule has 2 rings (SSSR count). The van der Waals surface area contributed by atoms with E-state index in [0.717, 1.165) is 17.5 Å².